The maximum atomic E-state index is 12.9. The monoisotopic (exact) mass is 608 g/mol. The smallest absolute Gasteiger partial charge is 0.453 e. The summed E-state index contributed by atoms with van der Waals surface area (Å²) >= 11 is 3.09. The summed E-state index contributed by atoms with van der Waals surface area (Å²) < 4.78 is 67.7. The van der Waals surface area contributed by atoms with E-state index in [1.165, 1.54) is 22.9 Å². The van der Waals surface area contributed by atoms with Gasteiger partial charge in [0.15, 0.2) is 0 Å². The van der Waals surface area contributed by atoms with Crippen LogP contribution in [0.3, 0.4) is 0 Å². The van der Waals surface area contributed by atoms with Crippen molar-refractivity contribution < 1.29 is 36.9 Å². The molecule has 0 saturated heterocycles. The third-order valence-corrected chi connectivity index (χ3v) is 8.96. The van der Waals surface area contributed by atoms with Crippen LogP contribution in [0.25, 0.3) is 0 Å². The topological polar surface area (TPSA) is 49.7 Å². The number of aromatic hydroxyl groups is 2. The van der Waals surface area contributed by atoms with Crippen LogP contribution < -0.4 is 0 Å². The molecule has 0 aliphatic carbocycles. The molecule has 2 aromatic rings. The highest BCUT2D eigenvalue weighted by Gasteiger charge is 2.56. The first-order chi connectivity index (χ1) is 19.1. The Bertz CT molecular complexity index is 986. The molecule has 10 heteroatoms. The Balaban J connectivity index is 0.00000274. The van der Waals surface area contributed by atoms with Crippen LogP contribution >= 0.6 is 23.5 Å². The third-order valence-electron chi connectivity index (χ3n) is 6.74. The van der Waals surface area contributed by atoms with Crippen LogP contribution in [-0.2, 0) is 4.74 Å². The van der Waals surface area contributed by atoms with Crippen molar-refractivity contribution in [1.82, 2.24) is 0 Å². The molecule has 0 radical (unpaired) electrons. The van der Waals surface area contributed by atoms with E-state index in [-0.39, 0.29) is 23.7 Å². The highest BCUT2D eigenvalue weighted by atomic mass is 32.2. The molecule has 1 aliphatic heterocycles. The molecule has 1 heterocycles. The Morgan fingerprint density at radius 2 is 1.52 bits per heavy atom. The second-order valence-electron chi connectivity index (χ2n) is 9.57. The first kappa shape index (κ1) is 34.6. The van der Waals surface area contributed by atoms with Crippen LogP contribution in [-0.4, -0.2) is 52.8 Å². The summed E-state index contributed by atoms with van der Waals surface area (Å²) in [7, 11) is 0. The second kappa shape index (κ2) is 17.3. The number of phenolic OH excluding ortho intramolecular Hbond substituents is 2. The van der Waals surface area contributed by atoms with Gasteiger partial charge in [0.05, 0.1) is 6.61 Å². The Morgan fingerprint density at radius 1 is 0.850 bits per heavy atom. The molecule has 0 aromatic heterocycles. The lowest BCUT2D eigenvalue weighted by molar-refractivity contribution is -0.284. The minimum absolute atomic E-state index is 0.184. The average molecular weight is 609 g/mol. The molecule has 0 fully saturated rings. The molecule has 2 atom stereocenters. The number of unbranched alkanes of at least 4 members (excludes halogenated alkanes) is 3. The molecule has 2 aromatic carbocycles. The number of ether oxygens (including phenoxy) is 1. The van der Waals surface area contributed by atoms with E-state index >= 15 is 0 Å². The lowest BCUT2D eigenvalue weighted by Crippen LogP contribution is -2.36. The van der Waals surface area contributed by atoms with Crippen LogP contribution in [0.1, 0.15) is 81.8 Å². The molecule has 2 unspecified atom stereocenters. The first-order valence-corrected chi connectivity index (χ1v) is 16.1. The van der Waals surface area contributed by atoms with Crippen molar-refractivity contribution in [1.29, 1.82) is 0 Å². The Morgan fingerprint density at radius 3 is 2.23 bits per heavy atom. The fraction of sp³-hybridized carbons (Fsp3) is 0.600. The predicted octanol–water partition coefficient (Wildman–Crippen LogP) is 9.78. The molecule has 2 N–H and O–H groups in total. The maximum Gasteiger partial charge on any atom is 0.453 e. The van der Waals surface area contributed by atoms with Gasteiger partial charge in [-0.1, -0.05) is 51.3 Å². The van der Waals surface area contributed by atoms with Gasteiger partial charge in [0, 0.05) is 35.3 Å². The normalized spacial score (nSPS) is 17.2. The summed E-state index contributed by atoms with van der Waals surface area (Å²) in [5.74, 6) is -1.67. The SMILES string of the molecule is CC.Oc1ccc(C2CSc3cc(O)ccc3C2CCCCCCOCCSCCCC(F)(F)C(F)(F)F)cc1. The first-order valence-electron chi connectivity index (χ1n) is 13.9. The van der Waals surface area contributed by atoms with E-state index in [2.05, 4.69) is 0 Å². The summed E-state index contributed by atoms with van der Waals surface area (Å²) in [6.07, 6.45) is -1.76. The minimum atomic E-state index is -5.47. The van der Waals surface area contributed by atoms with Gasteiger partial charge in [0.25, 0.3) is 0 Å². The third kappa shape index (κ3) is 11.0. The lowest BCUT2D eigenvalue weighted by Gasteiger charge is -2.34. The second-order valence-corrected chi connectivity index (χ2v) is 11.9. The summed E-state index contributed by atoms with van der Waals surface area (Å²) in [4.78, 5) is 1.13. The summed E-state index contributed by atoms with van der Waals surface area (Å²) in [6.45, 7) is 5.06. The van der Waals surface area contributed by atoms with Crippen LogP contribution in [0.2, 0.25) is 0 Å². The number of fused-ring (bicyclic) bond motifs is 1. The Kier molecular flexibility index (Phi) is 15.0. The van der Waals surface area contributed by atoms with Crippen molar-refractivity contribution in [3.8, 4) is 11.5 Å². The predicted molar refractivity (Wildman–Crippen MR) is 155 cm³/mol. The van der Waals surface area contributed by atoms with Crippen LogP contribution in [0.4, 0.5) is 22.0 Å². The fourth-order valence-corrected chi connectivity index (χ4v) is 6.82. The van der Waals surface area contributed by atoms with Gasteiger partial charge in [-0.25, -0.2) is 0 Å². The fourth-order valence-electron chi connectivity index (χ4n) is 4.66. The molecule has 40 heavy (non-hydrogen) atoms. The van der Waals surface area contributed by atoms with Crippen molar-refractivity contribution in [3.63, 3.8) is 0 Å². The van der Waals surface area contributed by atoms with E-state index in [0.29, 0.717) is 30.8 Å². The molecule has 0 spiro atoms. The highest BCUT2D eigenvalue weighted by molar-refractivity contribution is 7.99. The average Bonchev–Trinajstić information content (AvgIpc) is 2.92. The van der Waals surface area contributed by atoms with Gasteiger partial charge in [-0.05, 0) is 66.3 Å². The number of phenols is 2. The molecule has 0 bridgehead atoms. The molecule has 0 saturated carbocycles. The molecule has 0 amide bonds. The quantitative estimate of drug-likeness (QED) is 0.156. The van der Waals surface area contributed by atoms with E-state index < -0.39 is 18.5 Å². The Hall–Kier alpha value is -1.65. The standard InChI is InChI=1S/C28H35F5O3S2.C2H6/c29-27(30,28(31,32)33)13-5-16-37-17-15-36-14-4-2-1-3-6-23-24-12-11-22(35)18-26(24)38-19-25(23)20-7-9-21(34)10-8-20;1-2/h7-12,18,23,25,34-35H,1-6,13-17,19H2;1-2H3. The van der Waals surface area contributed by atoms with Crippen LogP contribution in [0.15, 0.2) is 47.4 Å². The molecule has 226 valence electrons. The number of halogens is 5. The van der Waals surface area contributed by atoms with Crippen molar-refractivity contribution >= 4 is 23.5 Å². The van der Waals surface area contributed by atoms with Crippen LogP contribution in [0.5, 0.6) is 11.5 Å². The number of rotatable bonds is 15. The zero-order chi connectivity index (χ0) is 29.6. The van der Waals surface area contributed by atoms with Gasteiger partial charge in [-0.15, -0.1) is 11.8 Å². The van der Waals surface area contributed by atoms with Gasteiger partial charge < -0.3 is 14.9 Å². The van der Waals surface area contributed by atoms with Gasteiger partial charge >= 0.3 is 12.1 Å². The number of benzene rings is 2. The van der Waals surface area contributed by atoms with Crippen LogP contribution in [0, 0.1) is 0 Å². The molecule has 3 nitrogen and oxygen atoms in total. The van der Waals surface area contributed by atoms with E-state index in [1.807, 2.05) is 38.1 Å². The van der Waals surface area contributed by atoms with Gasteiger partial charge in [-0.2, -0.15) is 33.7 Å². The van der Waals surface area contributed by atoms with Crippen molar-refractivity contribution in [2.45, 2.75) is 87.6 Å². The number of hydrogen-bond acceptors (Lipinski definition) is 5. The van der Waals surface area contributed by atoms with Crippen molar-refractivity contribution in [2.75, 3.05) is 30.5 Å². The van der Waals surface area contributed by atoms with E-state index in [4.69, 9.17) is 4.74 Å². The highest BCUT2D eigenvalue weighted by Crippen LogP contribution is 2.49. The minimum Gasteiger partial charge on any atom is -0.508 e. The molecule has 3 rings (SSSR count). The van der Waals surface area contributed by atoms with Gasteiger partial charge in [0.1, 0.15) is 11.5 Å². The zero-order valence-corrected chi connectivity index (χ0v) is 24.8. The van der Waals surface area contributed by atoms with Gasteiger partial charge in [-0.3, -0.25) is 0 Å². The summed E-state index contributed by atoms with van der Waals surface area (Å²) in [6, 6.07) is 13.1. The lowest BCUT2D eigenvalue weighted by atomic mass is 9.79. The summed E-state index contributed by atoms with van der Waals surface area (Å²) in [5, 5.41) is 19.6. The maximum absolute atomic E-state index is 12.9. The van der Waals surface area contributed by atoms with E-state index in [9.17, 15) is 32.2 Å². The van der Waals surface area contributed by atoms with E-state index in [1.54, 1.807) is 30.0 Å². The van der Waals surface area contributed by atoms with Crippen molar-refractivity contribution in [2.24, 2.45) is 0 Å². The number of hydrogen-bond donors (Lipinski definition) is 2. The largest absolute Gasteiger partial charge is 0.508 e. The molecular weight excluding hydrogens is 567 g/mol. The molecular formula is C30H41F5O3S2. The Labute approximate surface area is 243 Å². The zero-order valence-electron chi connectivity index (χ0n) is 23.2. The van der Waals surface area contributed by atoms with E-state index in [0.717, 1.165) is 42.8 Å². The number of alkyl halides is 5. The van der Waals surface area contributed by atoms with Crippen molar-refractivity contribution in [3.05, 3.63) is 53.6 Å². The number of thioether (sulfide) groups is 2. The summed E-state index contributed by atoms with van der Waals surface area (Å²) in [5.41, 5.74) is 2.47. The molecule has 1 aliphatic rings. The van der Waals surface area contributed by atoms with Gasteiger partial charge in [0.2, 0.25) is 0 Å².